The minimum Gasteiger partial charge on any atom is -0.354 e. The SMILES string of the molecule is CN(C)C(CNC(=O)CC1CCNCC1)c1ccccc1. The molecule has 1 aliphatic heterocycles. The molecule has 116 valence electrons. The molecule has 2 N–H and O–H groups in total. The fraction of sp³-hybridized carbons (Fsp3) is 0.588. The Hall–Kier alpha value is -1.39. The summed E-state index contributed by atoms with van der Waals surface area (Å²) in [6.45, 7) is 2.76. The maximum Gasteiger partial charge on any atom is 0.220 e. The zero-order chi connectivity index (χ0) is 15.1. The van der Waals surface area contributed by atoms with E-state index in [2.05, 4.69) is 41.8 Å². The highest BCUT2D eigenvalue weighted by molar-refractivity contribution is 5.76. The van der Waals surface area contributed by atoms with Crippen molar-refractivity contribution in [1.29, 1.82) is 0 Å². The van der Waals surface area contributed by atoms with Gasteiger partial charge in [-0.3, -0.25) is 4.79 Å². The van der Waals surface area contributed by atoms with Crippen LogP contribution in [-0.2, 0) is 4.79 Å². The third-order valence-electron chi connectivity index (χ3n) is 4.23. The Labute approximate surface area is 127 Å². The molecule has 0 aromatic heterocycles. The normalized spacial score (nSPS) is 17.7. The molecule has 0 saturated carbocycles. The van der Waals surface area contributed by atoms with Crippen molar-refractivity contribution in [2.24, 2.45) is 5.92 Å². The van der Waals surface area contributed by atoms with Crippen molar-refractivity contribution in [2.75, 3.05) is 33.7 Å². The number of benzene rings is 1. The van der Waals surface area contributed by atoms with Crippen LogP contribution in [0, 0.1) is 5.92 Å². The average molecular weight is 289 g/mol. The quantitative estimate of drug-likeness (QED) is 0.839. The number of carbonyl (C=O) groups is 1. The molecule has 21 heavy (non-hydrogen) atoms. The van der Waals surface area contributed by atoms with E-state index in [0.717, 1.165) is 25.9 Å². The number of piperidine rings is 1. The van der Waals surface area contributed by atoms with Crippen molar-refractivity contribution in [3.8, 4) is 0 Å². The second-order valence-electron chi connectivity index (χ2n) is 6.09. The van der Waals surface area contributed by atoms with Crippen LogP contribution in [0.25, 0.3) is 0 Å². The Morgan fingerprint density at radius 1 is 1.29 bits per heavy atom. The Bertz CT molecular complexity index is 427. The van der Waals surface area contributed by atoms with Gasteiger partial charge in [-0.15, -0.1) is 0 Å². The first kappa shape index (κ1) is 16.0. The fourth-order valence-corrected chi connectivity index (χ4v) is 2.90. The summed E-state index contributed by atoms with van der Waals surface area (Å²) < 4.78 is 0. The van der Waals surface area contributed by atoms with E-state index in [1.54, 1.807) is 0 Å². The van der Waals surface area contributed by atoms with Crippen LogP contribution in [-0.4, -0.2) is 44.5 Å². The van der Waals surface area contributed by atoms with Crippen molar-refractivity contribution in [3.05, 3.63) is 35.9 Å². The molecule has 0 aliphatic carbocycles. The standard InChI is InChI=1S/C17H27N3O/c1-20(2)16(15-6-4-3-5-7-15)13-19-17(21)12-14-8-10-18-11-9-14/h3-7,14,16,18H,8-13H2,1-2H3,(H,19,21). The second-order valence-corrected chi connectivity index (χ2v) is 6.09. The van der Waals surface area contributed by atoms with E-state index in [0.29, 0.717) is 18.9 Å². The number of carbonyl (C=O) groups excluding carboxylic acids is 1. The van der Waals surface area contributed by atoms with Gasteiger partial charge in [0.25, 0.3) is 0 Å². The summed E-state index contributed by atoms with van der Waals surface area (Å²) in [5, 5.41) is 6.45. The lowest BCUT2D eigenvalue weighted by Crippen LogP contribution is -2.36. The Morgan fingerprint density at radius 3 is 2.57 bits per heavy atom. The van der Waals surface area contributed by atoms with Crippen LogP contribution < -0.4 is 10.6 Å². The van der Waals surface area contributed by atoms with Crippen LogP contribution in [0.15, 0.2) is 30.3 Å². The predicted octanol–water partition coefficient (Wildman–Crippen LogP) is 1.80. The molecule has 1 amide bonds. The van der Waals surface area contributed by atoms with Gasteiger partial charge in [0.05, 0.1) is 6.04 Å². The molecule has 4 heteroatoms. The van der Waals surface area contributed by atoms with Crippen LogP contribution in [0.1, 0.15) is 30.9 Å². The van der Waals surface area contributed by atoms with Crippen molar-refractivity contribution < 1.29 is 4.79 Å². The molecule has 0 radical (unpaired) electrons. The fourth-order valence-electron chi connectivity index (χ4n) is 2.90. The van der Waals surface area contributed by atoms with E-state index >= 15 is 0 Å². The summed E-state index contributed by atoms with van der Waals surface area (Å²) in [5.74, 6) is 0.727. The van der Waals surface area contributed by atoms with Gasteiger partial charge in [0.15, 0.2) is 0 Å². The number of rotatable bonds is 6. The number of likely N-dealkylation sites (N-methyl/N-ethyl adjacent to an activating group) is 1. The summed E-state index contributed by atoms with van der Waals surface area (Å²) in [4.78, 5) is 14.3. The van der Waals surface area contributed by atoms with Crippen LogP contribution in [0.2, 0.25) is 0 Å². The van der Waals surface area contributed by atoms with Gasteiger partial charge in [-0.1, -0.05) is 30.3 Å². The van der Waals surface area contributed by atoms with Crippen LogP contribution in [0.3, 0.4) is 0 Å². The van der Waals surface area contributed by atoms with E-state index in [-0.39, 0.29) is 11.9 Å². The van der Waals surface area contributed by atoms with Crippen LogP contribution in [0.5, 0.6) is 0 Å². The molecule has 0 bridgehead atoms. The lowest BCUT2D eigenvalue weighted by molar-refractivity contribution is -0.122. The number of amides is 1. The smallest absolute Gasteiger partial charge is 0.220 e. The van der Waals surface area contributed by atoms with E-state index in [1.807, 2.05) is 18.2 Å². The van der Waals surface area contributed by atoms with E-state index in [9.17, 15) is 4.79 Å². The molecule has 1 aromatic rings. The van der Waals surface area contributed by atoms with E-state index in [4.69, 9.17) is 0 Å². The summed E-state index contributed by atoms with van der Waals surface area (Å²) in [7, 11) is 4.10. The third kappa shape index (κ3) is 5.14. The van der Waals surface area contributed by atoms with Gasteiger partial charge < -0.3 is 15.5 Å². The van der Waals surface area contributed by atoms with Gasteiger partial charge in [0.2, 0.25) is 5.91 Å². The summed E-state index contributed by atoms with van der Waals surface area (Å²) in [6, 6.07) is 10.6. The lowest BCUT2D eigenvalue weighted by atomic mass is 9.94. The van der Waals surface area contributed by atoms with Crippen molar-refractivity contribution >= 4 is 5.91 Å². The predicted molar refractivity (Wildman–Crippen MR) is 86.1 cm³/mol. The first-order chi connectivity index (χ1) is 10.2. The molecule has 4 nitrogen and oxygen atoms in total. The third-order valence-corrected chi connectivity index (χ3v) is 4.23. The molecule has 2 rings (SSSR count). The Kier molecular flexibility index (Phi) is 6.21. The molecule has 1 aliphatic rings. The highest BCUT2D eigenvalue weighted by Crippen LogP contribution is 2.18. The van der Waals surface area contributed by atoms with Gasteiger partial charge in [-0.05, 0) is 51.5 Å². The highest BCUT2D eigenvalue weighted by Gasteiger charge is 2.19. The average Bonchev–Trinajstić information content (AvgIpc) is 2.49. The first-order valence-electron chi connectivity index (χ1n) is 7.85. The summed E-state index contributed by atoms with van der Waals surface area (Å²) >= 11 is 0. The van der Waals surface area contributed by atoms with Crippen LogP contribution in [0.4, 0.5) is 0 Å². The molecule has 1 unspecified atom stereocenters. The monoisotopic (exact) mass is 289 g/mol. The zero-order valence-electron chi connectivity index (χ0n) is 13.1. The van der Waals surface area contributed by atoms with Crippen molar-refractivity contribution in [3.63, 3.8) is 0 Å². The number of hydrogen-bond donors (Lipinski definition) is 2. The lowest BCUT2D eigenvalue weighted by Gasteiger charge is -2.26. The first-order valence-corrected chi connectivity index (χ1v) is 7.85. The highest BCUT2D eigenvalue weighted by atomic mass is 16.1. The molecule has 1 heterocycles. The Balaban J connectivity index is 1.82. The zero-order valence-corrected chi connectivity index (χ0v) is 13.1. The molecule has 1 atom stereocenters. The van der Waals surface area contributed by atoms with E-state index < -0.39 is 0 Å². The van der Waals surface area contributed by atoms with Gasteiger partial charge >= 0.3 is 0 Å². The molecule has 0 spiro atoms. The van der Waals surface area contributed by atoms with Crippen molar-refractivity contribution in [2.45, 2.75) is 25.3 Å². The molecule has 1 aromatic carbocycles. The largest absolute Gasteiger partial charge is 0.354 e. The van der Waals surface area contributed by atoms with Gasteiger partial charge in [-0.2, -0.15) is 0 Å². The molecular formula is C17H27N3O. The summed E-state index contributed by atoms with van der Waals surface area (Å²) in [6.07, 6.45) is 2.89. The topological polar surface area (TPSA) is 44.4 Å². The van der Waals surface area contributed by atoms with Gasteiger partial charge in [0, 0.05) is 13.0 Å². The summed E-state index contributed by atoms with van der Waals surface area (Å²) in [5.41, 5.74) is 1.24. The maximum atomic E-state index is 12.1. The Morgan fingerprint density at radius 2 is 1.95 bits per heavy atom. The van der Waals surface area contributed by atoms with Gasteiger partial charge in [-0.25, -0.2) is 0 Å². The molecular weight excluding hydrogens is 262 g/mol. The number of nitrogens with zero attached hydrogens (tertiary/aromatic N) is 1. The number of nitrogens with one attached hydrogen (secondary N) is 2. The number of hydrogen-bond acceptors (Lipinski definition) is 3. The maximum absolute atomic E-state index is 12.1. The van der Waals surface area contributed by atoms with Crippen LogP contribution >= 0.6 is 0 Å². The van der Waals surface area contributed by atoms with Crippen molar-refractivity contribution in [1.82, 2.24) is 15.5 Å². The minimum atomic E-state index is 0.185. The van der Waals surface area contributed by atoms with E-state index in [1.165, 1.54) is 5.56 Å². The minimum absolute atomic E-state index is 0.185. The molecule has 1 fully saturated rings. The molecule has 1 saturated heterocycles. The second kappa shape index (κ2) is 8.15. The van der Waals surface area contributed by atoms with Gasteiger partial charge in [0.1, 0.15) is 0 Å².